The normalized spacial score (nSPS) is 12.2. The van der Waals surface area contributed by atoms with E-state index in [1.807, 2.05) is 19.9 Å². The first kappa shape index (κ1) is 13.6. The average molecular weight is 236 g/mol. The van der Waals surface area contributed by atoms with Gasteiger partial charge in [0.2, 0.25) is 0 Å². The second kappa shape index (κ2) is 6.28. The molecule has 1 N–H and O–H groups in total. The lowest BCUT2D eigenvalue weighted by Gasteiger charge is -2.15. The number of esters is 1. The molecule has 0 aliphatic rings. The summed E-state index contributed by atoms with van der Waals surface area (Å²) < 4.78 is 4.82. The van der Waals surface area contributed by atoms with Crippen LogP contribution in [0.3, 0.4) is 0 Å². The maximum absolute atomic E-state index is 11.7. The van der Waals surface area contributed by atoms with E-state index in [4.69, 9.17) is 4.74 Å². The molecule has 17 heavy (non-hydrogen) atoms. The van der Waals surface area contributed by atoms with Crippen molar-refractivity contribution in [2.24, 2.45) is 0 Å². The Kier molecular flexibility index (Phi) is 5.01. The number of carbonyl (C=O) groups is 1. The van der Waals surface area contributed by atoms with Gasteiger partial charge in [-0.1, -0.05) is 32.4 Å². The highest BCUT2D eigenvalue weighted by Crippen LogP contribution is 2.27. The first-order valence-corrected chi connectivity index (χ1v) is 6.03. The van der Waals surface area contributed by atoms with Crippen LogP contribution >= 0.6 is 0 Å². The Morgan fingerprint density at radius 2 is 2.12 bits per heavy atom. The van der Waals surface area contributed by atoms with Crippen LogP contribution in [0.2, 0.25) is 0 Å². The van der Waals surface area contributed by atoms with E-state index in [9.17, 15) is 9.90 Å². The van der Waals surface area contributed by atoms with Crippen LogP contribution < -0.4 is 0 Å². The number of methoxy groups -OCH3 is 1. The molecular formula is C14H20O3. The highest BCUT2D eigenvalue weighted by atomic mass is 16.5. The van der Waals surface area contributed by atoms with Gasteiger partial charge in [-0.3, -0.25) is 4.79 Å². The van der Waals surface area contributed by atoms with Crippen molar-refractivity contribution in [3.63, 3.8) is 0 Å². The van der Waals surface area contributed by atoms with Crippen LogP contribution in [0.4, 0.5) is 0 Å². The summed E-state index contributed by atoms with van der Waals surface area (Å²) in [7, 11) is 1.41. The Morgan fingerprint density at radius 3 is 2.65 bits per heavy atom. The Labute approximate surface area is 102 Å². The van der Waals surface area contributed by atoms with E-state index in [-0.39, 0.29) is 17.6 Å². The third-order valence-corrected chi connectivity index (χ3v) is 2.95. The first-order valence-electron chi connectivity index (χ1n) is 6.03. The molecule has 3 nitrogen and oxygen atoms in total. The lowest BCUT2D eigenvalue weighted by molar-refractivity contribution is -0.142. The van der Waals surface area contributed by atoms with Crippen LogP contribution in [-0.4, -0.2) is 18.2 Å². The molecule has 0 aliphatic heterocycles. The SMILES string of the molecule is CCCC(C(=O)OC)c1ccc(O)c(CC)c1. The molecule has 0 radical (unpaired) electrons. The average Bonchev–Trinajstić information content (AvgIpc) is 2.36. The number of hydrogen-bond acceptors (Lipinski definition) is 3. The Balaban J connectivity index is 3.05. The molecule has 1 unspecified atom stereocenters. The molecule has 0 saturated carbocycles. The predicted octanol–water partition coefficient (Wildman–Crippen LogP) is 3.01. The lowest BCUT2D eigenvalue weighted by Crippen LogP contribution is -2.14. The molecule has 1 rings (SSSR count). The summed E-state index contributed by atoms with van der Waals surface area (Å²) in [5.41, 5.74) is 1.79. The van der Waals surface area contributed by atoms with Crippen molar-refractivity contribution in [2.75, 3.05) is 7.11 Å². The molecule has 0 heterocycles. The maximum Gasteiger partial charge on any atom is 0.313 e. The van der Waals surface area contributed by atoms with Crippen LogP contribution in [0.5, 0.6) is 5.75 Å². The number of carbonyl (C=O) groups excluding carboxylic acids is 1. The maximum atomic E-state index is 11.7. The zero-order valence-corrected chi connectivity index (χ0v) is 10.7. The minimum absolute atomic E-state index is 0.209. The summed E-state index contributed by atoms with van der Waals surface area (Å²) in [4.78, 5) is 11.7. The molecule has 94 valence electrons. The number of aromatic hydroxyl groups is 1. The molecule has 3 heteroatoms. The van der Waals surface area contributed by atoms with Gasteiger partial charge in [0.25, 0.3) is 0 Å². The molecule has 0 amide bonds. The molecule has 0 spiro atoms. The minimum Gasteiger partial charge on any atom is -0.508 e. The molecule has 0 saturated heterocycles. The van der Waals surface area contributed by atoms with Gasteiger partial charge >= 0.3 is 5.97 Å². The highest BCUT2D eigenvalue weighted by Gasteiger charge is 2.21. The van der Waals surface area contributed by atoms with Gasteiger partial charge in [0.05, 0.1) is 13.0 Å². The monoisotopic (exact) mass is 236 g/mol. The summed E-state index contributed by atoms with van der Waals surface area (Å²) in [5, 5.41) is 9.63. The Morgan fingerprint density at radius 1 is 1.41 bits per heavy atom. The van der Waals surface area contributed by atoms with Crippen molar-refractivity contribution in [1.29, 1.82) is 0 Å². The quantitative estimate of drug-likeness (QED) is 0.799. The van der Waals surface area contributed by atoms with Crippen molar-refractivity contribution < 1.29 is 14.6 Å². The van der Waals surface area contributed by atoms with Crippen LogP contribution in [-0.2, 0) is 16.0 Å². The number of benzene rings is 1. The van der Waals surface area contributed by atoms with Crippen molar-refractivity contribution >= 4 is 5.97 Å². The molecule has 0 fully saturated rings. The first-order chi connectivity index (χ1) is 8.13. The van der Waals surface area contributed by atoms with Crippen molar-refractivity contribution in [3.8, 4) is 5.75 Å². The van der Waals surface area contributed by atoms with E-state index in [1.165, 1.54) is 7.11 Å². The zero-order chi connectivity index (χ0) is 12.8. The fourth-order valence-electron chi connectivity index (χ4n) is 1.96. The summed E-state index contributed by atoms with van der Waals surface area (Å²) in [6.07, 6.45) is 2.43. The second-order valence-corrected chi connectivity index (χ2v) is 4.11. The van der Waals surface area contributed by atoms with E-state index < -0.39 is 0 Å². The highest BCUT2D eigenvalue weighted by molar-refractivity contribution is 5.78. The van der Waals surface area contributed by atoms with Gasteiger partial charge in [0, 0.05) is 0 Å². The van der Waals surface area contributed by atoms with Crippen LogP contribution in [0.25, 0.3) is 0 Å². The molecular weight excluding hydrogens is 216 g/mol. The second-order valence-electron chi connectivity index (χ2n) is 4.11. The van der Waals surface area contributed by atoms with Gasteiger partial charge in [-0.05, 0) is 30.0 Å². The molecule has 0 bridgehead atoms. The van der Waals surface area contributed by atoms with Gasteiger partial charge < -0.3 is 9.84 Å². The molecule has 1 aromatic carbocycles. The third kappa shape index (κ3) is 3.22. The standard InChI is InChI=1S/C14H20O3/c1-4-6-12(14(16)17-3)11-7-8-13(15)10(5-2)9-11/h7-9,12,15H,4-6H2,1-3H3. The van der Waals surface area contributed by atoms with E-state index in [0.717, 1.165) is 30.4 Å². The van der Waals surface area contributed by atoms with E-state index in [1.54, 1.807) is 12.1 Å². The summed E-state index contributed by atoms with van der Waals surface area (Å²) in [6.45, 7) is 4.02. The number of hydrogen-bond donors (Lipinski definition) is 1. The van der Waals surface area contributed by atoms with Gasteiger partial charge in [0.1, 0.15) is 5.75 Å². The number of ether oxygens (including phenoxy) is 1. The van der Waals surface area contributed by atoms with E-state index in [2.05, 4.69) is 0 Å². The summed E-state index contributed by atoms with van der Waals surface area (Å²) in [6, 6.07) is 5.35. The smallest absolute Gasteiger partial charge is 0.313 e. The lowest BCUT2D eigenvalue weighted by atomic mass is 9.92. The zero-order valence-electron chi connectivity index (χ0n) is 10.7. The van der Waals surface area contributed by atoms with Crippen LogP contribution in [0.1, 0.15) is 43.7 Å². The van der Waals surface area contributed by atoms with Crippen molar-refractivity contribution in [2.45, 2.75) is 39.0 Å². The molecule has 1 aromatic rings. The van der Waals surface area contributed by atoms with Gasteiger partial charge in [-0.2, -0.15) is 0 Å². The molecule has 0 aromatic heterocycles. The summed E-state index contributed by atoms with van der Waals surface area (Å²) >= 11 is 0. The van der Waals surface area contributed by atoms with Crippen molar-refractivity contribution in [3.05, 3.63) is 29.3 Å². The number of rotatable bonds is 5. The summed E-state index contributed by atoms with van der Waals surface area (Å²) in [5.74, 6) is -0.146. The molecule has 1 atom stereocenters. The Bertz CT molecular complexity index is 385. The predicted molar refractivity (Wildman–Crippen MR) is 67.1 cm³/mol. The molecule has 0 aliphatic carbocycles. The van der Waals surface area contributed by atoms with Crippen LogP contribution in [0.15, 0.2) is 18.2 Å². The number of phenolic OH excluding ortho intramolecular Hbond substituents is 1. The van der Waals surface area contributed by atoms with E-state index >= 15 is 0 Å². The fourth-order valence-corrected chi connectivity index (χ4v) is 1.96. The Hall–Kier alpha value is -1.51. The topological polar surface area (TPSA) is 46.5 Å². The number of phenols is 1. The van der Waals surface area contributed by atoms with Gasteiger partial charge in [0.15, 0.2) is 0 Å². The van der Waals surface area contributed by atoms with Gasteiger partial charge in [-0.25, -0.2) is 0 Å². The fraction of sp³-hybridized carbons (Fsp3) is 0.500. The van der Waals surface area contributed by atoms with Gasteiger partial charge in [-0.15, -0.1) is 0 Å². The van der Waals surface area contributed by atoms with E-state index in [0.29, 0.717) is 0 Å². The minimum atomic E-state index is -0.226. The largest absolute Gasteiger partial charge is 0.508 e. The third-order valence-electron chi connectivity index (χ3n) is 2.95. The van der Waals surface area contributed by atoms with Crippen LogP contribution in [0, 0.1) is 0 Å². The van der Waals surface area contributed by atoms with Crippen molar-refractivity contribution in [1.82, 2.24) is 0 Å². The number of aryl methyl sites for hydroxylation is 1.